The molecule has 7 heteroatoms. The molecule has 67 heavy (non-hydrogen) atoms. The zero-order valence-electron chi connectivity index (χ0n) is 45.9. The Bertz CT molecular complexity index is 1030. The first kappa shape index (κ1) is 65.5. The molecule has 3 unspecified atom stereocenters. The van der Waals surface area contributed by atoms with Gasteiger partial charge in [-0.2, -0.15) is 0 Å². The number of carbonyl (C=O) groups is 3. The topological polar surface area (TPSA) is 87.2 Å². The van der Waals surface area contributed by atoms with Gasteiger partial charge in [-0.05, 0) is 109 Å². The molecule has 0 aromatic heterocycles. The quantitative estimate of drug-likeness (QED) is 0.0371. The van der Waals surface area contributed by atoms with Gasteiger partial charge in [0.25, 0.3) is 0 Å². The van der Waals surface area contributed by atoms with Crippen LogP contribution in [0, 0.1) is 11.8 Å². The number of aliphatic hydroxyl groups is 1. The van der Waals surface area contributed by atoms with E-state index in [0.717, 1.165) is 77.2 Å². The highest BCUT2D eigenvalue weighted by Crippen LogP contribution is 2.23. The molecule has 1 aliphatic heterocycles. The number of aliphatic hydroxyl groups excluding tert-OH is 1. The van der Waals surface area contributed by atoms with Crippen LogP contribution in [0.2, 0.25) is 0 Å². The van der Waals surface area contributed by atoms with Crippen molar-refractivity contribution >= 4 is 18.2 Å². The molecule has 0 aromatic rings. The Balaban J connectivity index is 0.00000289. The van der Waals surface area contributed by atoms with Crippen molar-refractivity contribution in [3.05, 3.63) is 0 Å². The normalized spacial score (nSPS) is 14.1. The van der Waals surface area contributed by atoms with E-state index in [4.69, 9.17) is 9.84 Å². The summed E-state index contributed by atoms with van der Waals surface area (Å²) < 4.78 is 5.75. The molecule has 1 N–H and O–H groups in total. The molecule has 1 rings (SSSR count). The maximum absolute atomic E-state index is 13.9. The lowest BCUT2D eigenvalue weighted by molar-refractivity contribution is -0.145. The number of ether oxygens (including phenoxy) is 1. The molecule has 0 aromatic carbocycles. The van der Waals surface area contributed by atoms with Crippen LogP contribution in [-0.2, 0) is 19.1 Å². The number of nitrogens with zero attached hydrogens (tertiary/aromatic N) is 2. The summed E-state index contributed by atoms with van der Waals surface area (Å²) in [5.74, 6) is 1.53. The summed E-state index contributed by atoms with van der Waals surface area (Å²) in [5, 5.41) is 9.11. The van der Waals surface area contributed by atoms with Crippen molar-refractivity contribution in [3.63, 3.8) is 0 Å². The first-order valence-electron chi connectivity index (χ1n) is 30.1. The third-order valence-electron chi connectivity index (χ3n) is 14.7. The Morgan fingerprint density at radius 1 is 0.507 bits per heavy atom. The van der Waals surface area contributed by atoms with Gasteiger partial charge in [0.15, 0.2) is 0 Å². The van der Waals surface area contributed by atoms with E-state index in [9.17, 15) is 14.4 Å². The van der Waals surface area contributed by atoms with Crippen molar-refractivity contribution in [2.45, 2.75) is 317 Å². The zero-order chi connectivity index (χ0) is 49.1. The fourth-order valence-corrected chi connectivity index (χ4v) is 10.1. The highest BCUT2D eigenvalue weighted by atomic mass is 16.5. The minimum atomic E-state index is 0.00465. The highest BCUT2D eigenvalue weighted by molar-refractivity contribution is 5.76. The van der Waals surface area contributed by atoms with Crippen LogP contribution in [0.15, 0.2) is 0 Å². The molecule has 1 heterocycles. The molecule has 0 aliphatic carbocycles. The van der Waals surface area contributed by atoms with Gasteiger partial charge < -0.3 is 24.4 Å². The van der Waals surface area contributed by atoms with Crippen LogP contribution >= 0.6 is 0 Å². The molecule has 0 spiro atoms. The van der Waals surface area contributed by atoms with Crippen LogP contribution in [0.25, 0.3) is 0 Å². The van der Waals surface area contributed by atoms with Gasteiger partial charge in [-0.25, -0.2) is 0 Å². The molecule has 1 aliphatic rings. The molecular formula is C60H118N2O5. The second-order valence-corrected chi connectivity index (χ2v) is 21.1. The Labute approximate surface area is 418 Å². The molecule has 1 fully saturated rings. The summed E-state index contributed by atoms with van der Waals surface area (Å²) in [6.07, 6.45) is 51.9. The van der Waals surface area contributed by atoms with Gasteiger partial charge in [0.2, 0.25) is 5.91 Å². The van der Waals surface area contributed by atoms with Gasteiger partial charge >= 0.3 is 5.97 Å². The average Bonchev–Trinajstić information content (AvgIpc) is 3.87. The largest absolute Gasteiger partial charge is 0.465 e. The van der Waals surface area contributed by atoms with Gasteiger partial charge in [0.05, 0.1) is 6.61 Å². The molecule has 0 bridgehead atoms. The molecule has 398 valence electrons. The van der Waals surface area contributed by atoms with Gasteiger partial charge in [-0.15, -0.1) is 0 Å². The first-order chi connectivity index (χ1) is 32.9. The number of aldehydes is 1. The number of hydrogen-bond acceptors (Lipinski definition) is 6. The van der Waals surface area contributed by atoms with Crippen molar-refractivity contribution in [2.75, 3.05) is 39.4 Å². The molecule has 0 saturated carbocycles. The number of rotatable bonds is 50. The predicted molar refractivity (Wildman–Crippen MR) is 290 cm³/mol. The Morgan fingerprint density at radius 2 is 0.925 bits per heavy atom. The summed E-state index contributed by atoms with van der Waals surface area (Å²) in [5.41, 5.74) is 0. The van der Waals surface area contributed by atoms with Crippen molar-refractivity contribution in [1.29, 1.82) is 0 Å². The van der Waals surface area contributed by atoms with Crippen molar-refractivity contribution in [3.8, 4) is 0 Å². The Morgan fingerprint density at radius 3 is 1.45 bits per heavy atom. The molecule has 7 nitrogen and oxygen atoms in total. The molecular weight excluding hydrogens is 829 g/mol. The van der Waals surface area contributed by atoms with Gasteiger partial charge in [-0.3, -0.25) is 9.59 Å². The van der Waals surface area contributed by atoms with E-state index in [1.165, 1.54) is 219 Å². The number of carbonyl (C=O) groups excluding carboxylic acids is 3. The second-order valence-electron chi connectivity index (χ2n) is 21.1. The van der Waals surface area contributed by atoms with Gasteiger partial charge in [0.1, 0.15) is 6.29 Å². The number of hydrogen-bond donors (Lipinski definition) is 1. The van der Waals surface area contributed by atoms with Crippen LogP contribution in [0.1, 0.15) is 311 Å². The van der Waals surface area contributed by atoms with Crippen LogP contribution in [0.5, 0.6) is 0 Å². The lowest BCUT2D eigenvalue weighted by Gasteiger charge is -2.33. The van der Waals surface area contributed by atoms with Crippen molar-refractivity contribution in [1.82, 2.24) is 9.80 Å². The van der Waals surface area contributed by atoms with Crippen molar-refractivity contribution < 1.29 is 24.2 Å². The lowest BCUT2D eigenvalue weighted by atomic mass is 9.96. The molecule has 1 amide bonds. The summed E-state index contributed by atoms with van der Waals surface area (Å²) in [4.78, 5) is 41.9. The maximum Gasteiger partial charge on any atom is 0.305 e. The van der Waals surface area contributed by atoms with E-state index in [-0.39, 0.29) is 5.97 Å². The second kappa shape index (κ2) is 52.4. The Hall–Kier alpha value is -1.47. The van der Waals surface area contributed by atoms with Gasteiger partial charge in [-0.1, -0.05) is 214 Å². The van der Waals surface area contributed by atoms with E-state index >= 15 is 0 Å². The van der Waals surface area contributed by atoms with Crippen molar-refractivity contribution in [2.24, 2.45) is 11.8 Å². The van der Waals surface area contributed by atoms with Gasteiger partial charge in [0, 0.05) is 38.5 Å². The third kappa shape index (κ3) is 43.1. The van der Waals surface area contributed by atoms with E-state index in [0.29, 0.717) is 49.8 Å². The summed E-state index contributed by atoms with van der Waals surface area (Å²) in [6.45, 7) is 16.7. The van der Waals surface area contributed by atoms with Crippen LogP contribution in [0.4, 0.5) is 0 Å². The number of esters is 1. The minimum absolute atomic E-state index is 0.00465. The summed E-state index contributed by atoms with van der Waals surface area (Å²) in [6, 6.07) is 0.371. The minimum Gasteiger partial charge on any atom is -0.465 e. The maximum atomic E-state index is 13.9. The standard InChI is InChI=1S/C48H92N2O4.C12H26O/c1-4-7-10-12-21-27-37-47(52)50(42-32-41-49-39-29-30-40-49)46(36-26-20-16-14-18-23-31-43-51)35-25-19-15-13-17-22-28-38-48(53)54-44-45(33-9-6-3)34-24-11-8-5-2;1-3-5-7-8-10-12(11-13)9-6-4-2/h43,45-46H,4-42,44H2,1-3H3;12-13H,3-11H2,1-2H3. The summed E-state index contributed by atoms with van der Waals surface area (Å²) >= 11 is 0. The first-order valence-corrected chi connectivity index (χ1v) is 30.1. The summed E-state index contributed by atoms with van der Waals surface area (Å²) in [7, 11) is 0. The van der Waals surface area contributed by atoms with E-state index in [2.05, 4.69) is 44.4 Å². The molecule has 3 atom stereocenters. The zero-order valence-corrected chi connectivity index (χ0v) is 45.9. The third-order valence-corrected chi connectivity index (χ3v) is 14.7. The van der Waals surface area contributed by atoms with E-state index < -0.39 is 0 Å². The fourth-order valence-electron chi connectivity index (χ4n) is 10.1. The van der Waals surface area contributed by atoms with E-state index in [1.54, 1.807) is 0 Å². The number of amides is 1. The Kier molecular flexibility index (Phi) is 51.2. The van der Waals surface area contributed by atoms with Crippen LogP contribution in [0.3, 0.4) is 0 Å². The SMILES string of the molecule is CCCCCCC(CO)CCCC.CCCCCCCCC(=O)N(CCCN1CCCC1)C(CCCCCCCCC=O)CCCCCCCCCC(=O)OCC(CCCC)CCCCCC. The molecule has 0 radical (unpaired) electrons. The monoisotopic (exact) mass is 947 g/mol. The fraction of sp³-hybridized carbons (Fsp3) is 0.950. The average molecular weight is 948 g/mol. The smallest absolute Gasteiger partial charge is 0.305 e. The lowest BCUT2D eigenvalue weighted by Crippen LogP contribution is -2.42. The predicted octanol–water partition coefficient (Wildman–Crippen LogP) is 17.3. The van der Waals surface area contributed by atoms with Crippen LogP contribution < -0.4 is 0 Å². The highest BCUT2D eigenvalue weighted by Gasteiger charge is 2.23. The van der Waals surface area contributed by atoms with Crippen LogP contribution in [-0.4, -0.2) is 78.5 Å². The number of likely N-dealkylation sites (tertiary alicyclic amines) is 1. The van der Waals surface area contributed by atoms with E-state index in [1.807, 2.05) is 0 Å². The molecule has 1 saturated heterocycles. The number of unbranched alkanes of at least 4 members (excludes halogenated alkanes) is 25.